The second-order valence-corrected chi connectivity index (χ2v) is 6.03. The van der Waals surface area contributed by atoms with Crippen LogP contribution in [0.4, 0.5) is 0 Å². The van der Waals surface area contributed by atoms with E-state index in [1.54, 1.807) is 6.92 Å². The minimum atomic E-state index is -1.10. The molecule has 1 unspecified atom stereocenters. The van der Waals surface area contributed by atoms with Crippen molar-refractivity contribution in [2.45, 2.75) is 64.3 Å². The molecule has 2 rings (SSSR count). The van der Waals surface area contributed by atoms with Crippen molar-refractivity contribution in [3.05, 3.63) is 23.2 Å². The molecule has 1 aromatic rings. The summed E-state index contributed by atoms with van der Waals surface area (Å²) in [5, 5.41) is 12.3. The molecule has 0 spiro atoms. The molecule has 0 radical (unpaired) electrons. The highest BCUT2D eigenvalue weighted by atomic mass is 16.4. The van der Waals surface area contributed by atoms with Crippen LogP contribution in [0.25, 0.3) is 0 Å². The van der Waals surface area contributed by atoms with Gasteiger partial charge in [-0.05, 0) is 39.7 Å². The molecular formula is C16H23NO4. The molecule has 2 N–H and O–H groups in total. The largest absolute Gasteiger partial charge is 0.480 e. The number of hydrogen-bond acceptors (Lipinski definition) is 3. The van der Waals surface area contributed by atoms with E-state index in [0.717, 1.165) is 30.6 Å². The fraction of sp³-hybridized carbons (Fsp3) is 0.625. The Balaban J connectivity index is 2.15. The van der Waals surface area contributed by atoms with Gasteiger partial charge in [-0.3, -0.25) is 4.79 Å². The summed E-state index contributed by atoms with van der Waals surface area (Å²) in [5.41, 5.74) is -0.280. The monoisotopic (exact) mass is 293 g/mol. The number of rotatable bonds is 4. The molecule has 1 aromatic heterocycles. The molecule has 1 aliphatic rings. The zero-order valence-corrected chi connectivity index (χ0v) is 12.9. The third-order valence-electron chi connectivity index (χ3n) is 4.42. The minimum absolute atomic E-state index is 0.247. The average molecular weight is 293 g/mol. The molecule has 0 bridgehead atoms. The first-order valence-electron chi connectivity index (χ1n) is 7.48. The topological polar surface area (TPSA) is 79.5 Å². The van der Waals surface area contributed by atoms with Gasteiger partial charge >= 0.3 is 5.97 Å². The summed E-state index contributed by atoms with van der Waals surface area (Å²) in [4.78, 5) is 24.1. The fourth-order valence-corrected chi connectivity index (χ4v) is 3.11. The van der Waals surface area contributed by atoms with Gasteiger partial charge in [-0.15, -0.1) is 0 Å². The molecule has 5 heteroatoms. The lowest BCUT2D eigenvalue weighted by atomic mass is 9.81. The second kappa shape index (κ2) is 5.92. The van der Waals surface area contributed by atoms with Gasteiger partial charge in [0.15, 0.2) is 0 Å². The van der Waals surface area contributed by atoms with E-state index in [9.17, 15) is 14.7 Å². The third-order valence-corrected chi connectivity index (χ3v) is 4.42. The van der Waals surface area contributed by atoms with Gasteiger partial charge in [0, 0.05) is 5.56 Å². The van der Waals surface area contributed by atoms with Gasteiger partial charge in [-0.1, -0.05) is 19.3 Å². The maximum Gasteiger partial charge on any atom is 0.329 e. The van der Waals surface area contributed by atoms with Crippen LogP contribution in [0.1, 0.15) is 62.0 Å². The first-order valence-corrected chi connectivity index (χ1v) is 7.48. The van der Waals surface area contributed by atoms with Crippen LogP contribution >= 0.6 is 0 Å². The van der Waals surface area contributed by atoms with Gasteiger partial charge in [0.1, 0.15) is 17.1 Å². The van der Waals surface area contributed by atoms with Gasteiger partial charge in [0.25, 0.3) is 0 Å². The minimum Gasteiger partial charge on any atom is -0.480 e. The van der Waals surface area contributed by atoms with Gasteiger partial charge < -0.3 is 14.8 Å². The predicted molar refractivity (Wildman–Crippen MR) is 78.2 cm³/mol. The zero-order chi connectivity index (χ0) is 15.6. The first kappa shape index (κ1) is 15.6. The third kappa shape index (κ3) is 3.12. The van der Waals surface area contributed by atoms with E-state index in [2.05, 4.69) is 5.32 Å². The smallest absolute Gasteiger partial charge is 0.329 e. The number of nitrogens with one attached hydrogen (secondary N) is 1. The van der Waals surface area contributed by atoms with Gasteiger partial charge in [-0.2, -0.15) is 0 Å². The van der Waals surface area contributed by atoms with Crippen molar-refractivity contribution in [2.24, 2.45) is 0 Å². The number of carbonyl (C=O) groups excluding carboxylic acids is 1. The molecule has 5 nitrogen and oxygen atoms in total. The highest BCUT2D eigenvalue weighted by Gasteiger charge is 2.41. The van der Waals surface area contributed by atoms with Crippen molar-refractivity contribution in [1.82, 2.24) is 5.32 Å². The molecular weight excluding hydrogens is 270 g/mol. The van der Waals surface area contributed by atoms with E-state index in [-0.39, 0.29) is 5.91 Å². The summed E-state index contributed by atoms with van der Waals surface area (Å²) in [6.45, 7) is 5.44. The summed E-state index contributed by atoms with van der Waals surface area (Å²) >= 11 is 0. The molecule has 0 aromatic carbocycles. The average Bonchev–Trinajstić information content (AvgIpc) is 2.77. The summed E-state index contributed by atoms with van der Waals surface area (Å²) in [6, 6.07) is 1.84. The highest BCUT2D eigenvalue weighted by Crippen LogP contribution is 2.30. The number of hydrogen-bond donors (Lipinski definition) is 2. The van der Waals surface area contributed by atoms with E-state index >= 15 is 0 Å². The van der Waals surface area contributed by atoms with Crippen LogP contribution in [0.5, 0.6) is 0 Å². The van der Waals surface area contributed by atoms with Crippen molar-refractivity contribution >= 4 is 11.9 Å². The molecule has 1 heterocycles. The summed E-state index contributed by atoms with van der Waals surface area (Å²) in [5.74, 6) is -0.123. The van der Waals surface area contributed by atoms with Crippen LogP contribution in [0, 0.1) is 13.8 Å². The number of carboxylic acid groups (broad SMARTS) is 1. The number of aliphatic carboxylic acids is 1. The lowest BCUT2D eigenvalue weighted by Crippen LogP contribution is -2.56. The Kier molecular flexibility index (Phi) is 4.40. The van der Waals surface area contributed by atoms with Crippen molar-refractivity contribution in [3.63, 3.8) is 0 Å². The molecule has 1 atom stereocenters. The molecule has 21 heavy (non-hydrogen) atoms. The maximum atomic E-state index is 12.5. The summed E-state index contributed by atoms with van der Waals surface area (Å²) in [7, 11) is 0. The van der Waals surface area contributed by atoms with Crippen molar-refractivity contribution in [2.75, 3.05) is 0 Å². The Bertz CT molecular complexity index is 540. The van der Waals surface area contributed by atoms with Crippen molar-refractivity contribution in [1.29, 1.82) is 0 Å². The normalized spacial score (nSPS) is 19.0. The van der Waals surface area contributed by atoms with Gasteiger partial charge in [0.2, 0.25) is 5.91 Å². The fourth-order valence-electron chi connectivity index (χ4n) is 3.11. The predicted octanol–water partition coefficient (Wildman–Crippen LogP) is 2.90. The second-order valence-electron chi connectivity index (χ2n) is 6.03. The summed E-state index contributed by atoms with van der Waals surface area (Å²) < 4.78 is 5.45. The van der Waals surface area contributed by atoms with Crippen molar-refractivity contribution in [3.8, 4) is 0 Å². The molecule has 116 valence electrons. The van der Waals surface area contributed by atoms with E-state index in [0.29, 0.717) is 18.6 Å². The van der Waals surface area contributed by atoms with E-state index in [4.69, 9.17) is 4.42 Å². The highest BCUT2D eigenvalue weighted by molar-refractivity contribution is 5.90. The number of furan rings is 1. The molecule has 1 saturated carbocycles. The SMILES string of the molecule is Cc1cc(C(C)C(=O)NC2(C(=O)O)CCCCC2)c(C)o1. The van der Waals surface area contributed by atoms with E-state index < -0.39 is 17.4 Å². The van der Waals surface area contributed by atoms with Crippen LogP contribution in [0.2, 0.25) is 0 Å². The Hall–Kier alpha value is -1.78. The molecule has 0 saturated heterocycles. The van der Waals surface area contributed by atoms with E-state index in [1.807, 2.05) is 19.9 Å². The molecule has 1 amide bonds. The summed E-state index contributed by atoms with van der Waals surface area (Å²) in [6.07, 6.45) is 3.71. The van der Waals surface area contributed by atoms with E-state index in [1.165, 1.54) is 0 Å². The number of amides is 1. The van der Waals surface area contributed by atoms with Crippen LogP contribution in [-0.4, -0.2) is 22.5 Å². The Morgan fingerprint density at radius 1 is 1.29 bits per heavy atom. The van der Waals surface area contributed by atoms with Crippen LogP contribution < -0.4 is 5.32 Å². The van der Waals surface area contributed by atoms with Gasteiger partial charge in [-0.25, -0.2) is 4.79 Å². The standard InChI is InChI=1S/C16H23NO4/c1-10-9-13(12(3)21-10)11(2)14(18)17-16(15(19)20)7-5-4-6-8-16/h9,11H,4-8H2,1-3H3,(H,17,18)(H,19,20). The van der Waals surface area contributed by atoms with Crippen LogP contribution in [0.15, 0.2) is 10.5 Å². The Morgan fingerprint density at radius 3 is 2.38 bits per heavy atom. The van der Waals surface area contributed by atoms with Crippen LogP contribution in [-0.2, 0) is 9.59 Å². The number of aryl methyl sites for hydroxylation is 2. The molecule has 1 aliphatic carbocycles. The quantitative estimate of drug-likeness (QED) is 0.894. The Labute approximate surface area is 124 Å². The first-order chi connectivity index (χ1) is 9.85. The lowest BCUT2D eigenvalue weighted by molar-refractivity contribution is -0.149. The van der Waals surface area contributed by atoms with Crippen LogP contribution in [0.3, 0.4) is 0 Å². The number of carboxylic acids is 1. The van der Waals surface area contributed by atoms with Crippen molar-refractivity contribution < 1.29 is 19.1 Å². The lowest BCUT2D eigenvalue weighted by Gasteiger charge is -2.34. The molecule has 1 fully saturated rings. The zero-order valence-electron chi connectivity index (χ0n) is 12.9. The molecule has 0 aliphatic heterocycles. The maximum absolute atomic E-state index is 12.5. The number of carbonyl (C=O) groups is 2. The van der Waals surface area contributed by atoms with Gasteiger partial charge in [0.05, 0.1) is 5.92 Å². The Morgan fingerprint density at radius 2 is 1.90 bits per heavy atom.